The summed E-state index contributed by atoms with van der Waals surface area (Å²) in [5.74, 6) is -1.03. The zero-order valence-electron chi connectivity index (χ0n) is 6.73. The van der Waals surface area contributed by atoms with Gasteiger partial charge >= 0.3 is 0 Å². The van der Waals surface area contributed by atoms with Crippen LogP contribution in [0, 0.1) is 10.9 Å². The van der Waals surface area contributed by atoms with Crippen LogP contribution in [0.25, 0.3) is 10.1 Å². The molecule has 0 nitrogen and oxygen atoms in total. The van der Waals surface area contributed by atoms with Crippen LogP contribution in [0.1, 0.15) is 12.0 Å². The van der Waals surface area contributed by atoms with E-state index in [2.05, 4.69) is 0 Å². The highest BCUT2D eigenvalue weighted by atomic mass is 32.1. The molecule has 0 saturated carbocycles. The number of rotatable bonds is 1. The molecule has 1 aromatic heterocycles. The monoisotopic (exact) mass is 220 g/mol. The molecule has 2 aromatic rings. The van der Waals surface area contributed by atoms with Crippen molar-refractivity contribution in [1.82, 2.24) is 0 Å². The first kappa shape index (κ1) is 9.45. The summed E-state index contributed by atoms with van der Waals surface area (Å²) in [7, 11) is 0. The minimum Gasteiger partial charge on any atom is -0.206 e. The Labute approximate surface area is 80.8 Å². The fourth-order valence-corrected chi connectivity index (χ4v) is 2.01. The van der Waals surface area contributed by atoms with Crippen LogP contribution >= 0.6 is 11.3 Å². The molecular formula is C9H4F4S. The Kier molecular flexibility index (Phi) is 2.19. The molecule has 0 aliphatic carbocycles. The highest BCUT2D eigenvalue weighted by Gasteiger charge is 2.17. The van der Waals surface area contributed by atoms with Gasteiger partial charge in [-0.1, -0.05) is 0 Å². The third-order valence-corrected chi connectivity index (χ3v) is 2.76. The van der Waals surface area contributed by atoms with Crippen LogP contribution in [0.15, 0.2) is 18.2 Å². The average Bonchev–Trinajstić information content (AvgIpc) is 2.46. The van der Waals surface area contributed by atoms with Crippen LogP contribution in [0.2, 0.25) is 0 Å². The zero-order valence-corrected chi connectivity index (χ0v) is 7.55. The van der Waals surface area contributed by atoms with E-state index >= 15 is 0 Å². The van der Waals surface area contributed by atoms with E-state index < -0.39 is 22.9 Å². The summed E-state index contributed by atoms with van der Waals surface area (Å²) < 4.78 is 50.8. The van der Waals surface area contributed by atoms with E-state index in [-0.39, 0.29) is 5.39 Å². The molecule has 0 N–H and O–H groups in total. The van der Waals surface area contributed by atoms with Crippen molar-refractivity contribution in [2.75, 3.05) is 0 Å². The lowest BCUT2D eigenvalue weighted by Crippen LogP contribution is -1.89. The molecule has 74 valence electrons. The van der Waals surface area contributed by atoms with Crippen molar-refractivity contribution < 1.29 is 17.6 Å². The molecule has 0 atom stereocenters. The number of thiophene rings is 1. The van der Waals surface area contributed by atoms with Crippen LogP contribution < -0.4 is 0 Å². The molecular weight excluding hydrogens is 216 g/mol. The van der Waals surface area contributed by atoms with Crippen LogP contribution in [0.4, 0.5) is 17.6 Å². The molecule has 0 saturated heterocycles. The first-order valence-electron chi connectivity index (χ1n) is 3.75. The van der Waals surface area contributed by atoms with E-state index in [1.807, 2.05) is 0 Å². The van der Waals surface area contributed by atoms with Crippen LogP contribution in [-0.4, -0.2) is 0 Å². The predicted octanol–water partition coefficient (Wildman–Crippen LogP) is 4.12. The number of benzene rings is 1. The standard InChI is InChI=1S/C9H4F4S/c10-7-3-5-6(14-7)2-1-4(8(5)11)9(12)13/h1-3,9H. The molecule has 2 rings (SSSR count). The van der Waals surface area contributed by atoms with Gasteiger partial charge in [-0.15, -0.1) is 11.3 Å². The van der Waals surface area contributed by atoms with Crippen molar-refractivity contribution in [2.45, 2.75) is 6.43 Å². The normalized spacial score (nSPS) is 11.5. The highest BCUT2D eigenvalue weighted by Crippen LogP contribution is 2.32. The second kappa shape index (κ2) is 3.24. The van der Waals surface area contributed by atoms with E-state index in [0.717, 1.165) is 23.5 Å². The van der Waals surface area contributed by atoms with Gasteiger partial charge in [-0.05, 0) is 18.2 Å². The molecule has 0 amide bonds. The Balaban J connectivity index is 2.74. The maximum Gasteiger partial charge on any atom is 0.266 e. The third-order valence-electron chi connectivity index (χ3n) is 1.87. The smallest absolute Gasteiger partial charge is 0.206 e. The third kappa shape index (κ3) is 1.37. The topological polar surface area (TPSA) is 0 Å². The molecule has 14 heavy (non-hydrogen) atoms. The van der Waals surface area contributed by atoms with Gasteiger partial charge < -0.3 is 0 Å². The molecule has 0 aliphatic heterocycles. The van der Waals surface area contributed by atoms with Crippen molar-refractivity contribution >= 4 is 21.4 Å². The lowest BCUT2D eigenvalue weighted by atomic mass is 10.1. The Morgan fingerprint density at radius 2 is 1.86 bits per heavy atom. The van der Waals surface area contributed by atoms with Crippen molar-refractivity contribution in [3.05, 3.63) is 34.7 Å². The van der Waals surface area contributed by atoms with Gasteiger partial charge in [-0.2, -0.15) is 4.39 Å². The summed E-state index contributed by atoms with van der Waals surface area (Å²) in [4.78, 5) is 0. The zero-order chi connectivity index (χ0) is 10.3. The minimum absolute atomic E-state index is 0.0784. The maximum absolute atomic E-state index is 13.3. The SMILES string of the molecule is Fc1cc2c(F)c(C(F)F)ccc2s1. The lowest BCUT2D eigenvalue weighted by molar-refractivity contribution is 0.147. The van der Waals surface area contributed by atoms with Crippen molar-refractivity contribution in [1.29, 1.82) is 0 Å². The molecule has 0 fully saturated rings. The number of hydrogen-bond acceptors (Lipinski definition) is 1. The second-order valence-corrected chi connectivity index (χ2v) is 3.77. The first-order chi connectivity index (χ1) is 6.59. The molecule has 0 radical (unpaired) electrons. The molecule has 0 spiro atoms. The Morgan fingerprint density at radius 1 is 1.14 bits per heavy atom. The summed E-state index contributed by atoms with van der Waals surface area (Å²) in [5.41, 5.74) is -0.685. The predicted molar refractivity (Wildman–Crippen MR) is 46.7 cm³/mol. The van der Waals surface area contributed by atoms with Crippen LogP contribution in [0.3, 0.4) is 0 Å². The van der Waals surface area contributed by atoms with Crippen molar-refractivity contribution in [3.8, 4) is 0 Å². The fraction of sp³-hybridized carbons (Fsp3) is 0.111. The van der Waals surface area contributed by atoms with Gasteiger partial charge in [0, 0.05) is 10.1 Å². The van der Waals surface area contributed by atoms with Gasteiger partial charge in [-0.25, -0.2) is 13.2 Å². The lowest BCUT2D eigenvalue weighted by Gasteiger charge is -2.01. The number of alkyl halides is 2. The maximum atomic E-state index is 13.3. The van der Waals surface area contributed by atoms with Crippen LogP contribution in [-0.2, 0) is 0 Å². The van der Waals surface area contributed by atoms with Gasteiger partial charge in [0.15, 0.2) is 5.13 Å². The summed E-state index contributed by atoms with van der Waals surface area (Å²) in [5, 5.41) is -0.657. The van der Waals surface area contributed by atoms with Gasteiger partial charge in [0.2, 0.25) is 0 Å². The quantitative estimate of drug-likeness (QED) is 0.634. The molecule has 5 heteroatoms. The van der Waals surface area contributed by atoms with Gasteiger partial charge in [-0.3, -0.25) is 0 Å². The molecule has 0 unspecified atom stereocenters. The minimum atomic E-state index is -2.87. The van der Waals surface area contributed by atoms with E-state index in [9.17, 15) is 17.6 Å². The van der Waals surface area contributed by atoms with E-state index in [1.165, 1.54) is 6.07 Å². The molecule has 1 heterocycles. The Morgan fingerprint density at radius 3 is 2.50 bits per heavy atom. The average molecular weight is 220 g/mol. The number of fused-ring (bicyclic) bond motifs is 1. The first-order valence-corrected chi connectivity index (χ1v) is 4.57. The fourth-order valence-electron chi connectivity index (χ4n) is 1.23. The van der Waals surface area contributed by atoms with E-state index in [0.29, 0.717) is 4.70 Å². The highest BCUT2D eigenvalue weighted by molar-refractivity contribution is 7.17. The van der Waals surface area contributed by atoms with Gasteiger partial charge in [0.05, 0.1) is 5.56 Å². The van der Waals surface area contributed by atoms with Gasteiger partial charge in [0.1, 0.15) is 5.82 Å². The Hall–Kier alpha value is -1.10. The summed E-state index contributed by atoms with van der Waals surface area (Å²) >= 11 is 0.735. The largest absolute Gasteiger partial charge is 0.266 e. The van der Waals surface area contributed by atoms with Crippen molar-refractivity contribution in [3.63, 3.8) is 0 Å². The van der Waals surface area contributed by atoms with Crippen molar-refractivity contribution in [2.24, 2.45) is 0 Å². The van der Waals surface area contributed by atoms with E-state index in [1.54, 1.807) is 0 Å². The second-order valence-electron chi connectivity index (χ2n) is 2.73. The molecule has 0 bridgehead atoms. The molecule has 1 aromatic carbocycles. The van der Waals surface area contributed by atoms with Gasteiger partial charge in [0.25, 0.3) is 6.43 Å². The number of halogens is 4. The number of hydrogen-bond donors (Lipinski definition) is 0. The summed E-state index contributed by atoms with van der Waals surface area (Å²) in [6.45, 7) is 0. The van der Waals surface area contributed by atoms with Crippen LogP contribution in [0.5, 0.6) is 0 Å². The van der Waals surface area contributed by atoms with E-state index in [4.69, 9.17) is 0 Å². The Bertz CT molecular complexity index is 475. The summed E-state index contributed by atoms with van der Waals surface area (Å²) in [6, 6.07) is 3.22. The molecule has 0 aliphatic rings. The summed E-state index contributed by atoms with van der Waals surface area (Å²) in [6.07, 6.45) is -2.87.